The average molecular weight is 153 g/mol. The van der Waals surface area contributed by atoms with E-state index in [4.69, 9.17) is 5.73 Å². The third-order valence-corrected chi connectivity index (χ3v) is 1.95. The SMILES string of the molecule is C=CC(=O)C1CC1CC(N)=O. The Morgan fingerprint density at radius 3 is 2.73 bits per heavy atom. The molecule has 0 aliphatic heterocycles. The number of nitrogens with two attached hydrogens (primary N) is 1. The van der Waals surface area contributed by atoms with Gasteiger partial charge in [0.25, 0.3) is 0 Å². The summed E-state index contributed by atoms with van der Waals surface area (Å²) in [5.74, 6) is -0.0661. The summed E-state index contributed by atoms with van der Waals surface area (Å²) in [7, 11) is 0. The van der Waals surface area contributed by atoms with Crippen molar-refractivity contribution in [3.63, 3.8) is 0 Å². The minimum absolute atomic E-state index is 0.0278. The fourth-order valence-corrected chi connectivity index (χ4v) is 1.23. The Morgan fingerprint density at radius 2 is 2.27 bits per heavy atom. The van der Waals surface area contributed by atoms with E-state index >= 15 is 0 Å². The minimum Gasteiger partial charge on any atom is -0.370 e. The molecule has 2 unspecified atom stereocenters. The third kappa shape index (κ3) is 1.90. The molecular formula is C8H11NO2. The van der Waals surface area contributed by atoms with E-state index < -0.39 is 0 Å². The van der Waals surface area contributed by atoms with Crippen LogP contribution in [0.2, 0.25) is 0 Å². The highest BCUT2D eigenvalue weighted by molar-refractivity contribution is 5.94. The van der Waals surface area contributed by atoms with Gasteiger partial charge in [0.15, 0.2) is 5.78 Å². The van der Waals surface area contributed by atoms with Crippen molar-refractivity contribution in [3.05, 3.63) is 12.7 Å². The van der Waals surface area contributed by atoms with Gasteiger partial charge in [-0.3, -0.25) is 9.59 Å². The lowest BCUT2D eigenvalue weighted by Gasteiger charge is -1.91. The van der Waals surface area contributed by atoms with Gasteiger partial charge >= 0.3 is 0 Å². The molecule has 1 fully saturated rings. The molecule has 1 aliphatic carbocycles. The first-order chi connectivity index (χ1) is 5.15. The monoisotopic (exact) mass is 153 g/mol. The van der Waals surface area contributed by atoms with Crippen LogP contribution in [0.3, 0.4) is 0 Å². The van der Waals surface area contributed by atoms with E-state index in [2.05, 4.69) is 6.58 Å². The number of rotatable bonds is 4. The van der Waals surface area contributed by atoms with Crippen molar-refractivity contribution in [1.29, 1.82) is 0 Å². The zero-order valence-corrected chi connectivity index (χ0v) is 6.25. The second-order valence-corrected chi connectivity index (χ2v) is 2.88. The zero-order valence-electron chi connectivity index (χ0n) is 6.25. The maximum Gasteiger partial charge on any atom is 0.217 e. The molecule has 0 spiro atoms. The Labute approximate surface area is 65.3 Å². The van der Waals surface area contributed by atoms with Crippen molar-refractivity contribution in [3.8, 4) is 0 Å². The molecule has 2 atom stereocenters. The molecule has 0 saturated heterocycles. The lowest BCUT2D eigenvalue weighted by molar-refractivity contribution is -0.118. The summed E-state index contributed by atoms with van der Waals surface area (Å²) in [5.41, 5.74) is 4.96. The van der Waals surface area contributed by atoms with Crippen molar-refractivity contribution in [1.82, 2.24) is 0 Å². The van der Waals surface area contributed by atoms with Gasteiger partial charge in [-0.2, -0.15) is 0 Å². The Kier molecular flexibility index (Phi) is 2.08. The van der Waals surface area contributed by atoms with Crippen molar-refractivity contribution >= 4 is 11.7 Å². The maximum absolute atomic E-state index is 10.9. The quantitative estimate of drug-likeness (QED) is 0.588. The van der Waals surface area contributed by atoms with E-state index in [0.717, 1.165) is 6.42 Å². The van der Waals surface area contributed by atoms with Crippen LogP contribution in [-0.4, -0.2) is 11.7 Å². The minimum atomic E-state index is -0.325. The number of primary amides is 1. The van der Waals surface area contributed by atoms with Gasteiger partial charge < -0.3 is 5.73 Å². The van der Waals surface area contributed by atoms with E-state index in [1.165, 1.54) is 6.08 Å². The second-order valence-electron chi connectivity index (χ2n) is 2.88. The first-order valence-electron chi connectivity index (χ1n) is 3.59. The van der Waals surface area contributed by atoms with Crippen LogP contribution in [0.1, 0.15) is 12.8 Å². The van der Waals surface area contributed by atoms with Gasteiger partial charge in [-0.1, -0.05) is 6.58 Å². The lowest BCUT2D eigenvalue weighted by Crippen LogP contribution is -2.12. The average Bonchev–Trinajstić information content (AvgIpc) is 2.65. The number of amides is 1. The van der Waals surface area contributed by atoms with Crippen LogP contribution in [0.25, 0.3) is 0 Å². The fourth-order valence-electron chi connectivity index (χ4n) is 1.23. The van der Waals surface area contributed by atoms with Gasteiger partial charge in [-0.15, -0.1) is 0 Å². The number of carbonyl (C=O) groups is 2. The van der Waals surface area contributed by atoms with E-state index in [1.807, 2.05) is 0 Å². The molecule has 0 heterocycles. The molecule has 0 aromatic heterocycles. The van der Waals surface area contributed by atoms with Crippen LogP contribution >= 0.6 is 0 Å². The van der Waals surface area contributed by atoms with E-state index in [-0.39, 0.29) is 23.5 Å². The molecule has 1 rings (SSSR count). The number of ketones is 1. The number of carbonyl (C=O) groups excluding carboxylic acids is 2. The highest BCUT2D eigenvalue weighted by Gasteiger charge is 2.41. The Bertz CT molecular complexity index is 210. The summed E-state index contributed by atoms with van der Waals surface area (Å²) in [6.45, 7) is 3.37. The summed E-state index contributed by atoms with van der Waals surface area (Å²) in [5, 5.41) is 0. The van der Waals surface area contributed by atoms with Crippen LogP contribution < -0.4 is 5.73 Å². The highest BCUT2D eigenvalue weighted by atomic mass is 16.1. The van der Waals surface area contributed by atoms with Crippen molar-refractivity contribution in [2.45, 2.75) is 12.8 Å². The van der Waals surface area contributed by atoms with Gasteiger partial charge in [0, 0.05) is 12.3 Å². The maximum atomic E-state index is 10.9. The molecule has 3 heteroatoms. The van der Waals surface area contributed by atoms with Crippen molar-refractivity contribution in [2.75, 3.05) is 0 Å². The van der Waals surface area contributed by atoms with Gasteiger partial charge in [-0.25, -0.2) is 0 Å². The van der Waals surface area contributed by atoms with Gasteiger partial charge in [0.1, 0.15) is 0 Å². The fraction of sp³-hybridized carbons (Fsp3) is 0.500. The Hall–Kier alpha value is -1.12. The molecule has 0 bridgehead atoms. The van der Waals surface area contributed by atoms with Crippen LogP contribution in [-0.2, 0) is 9.59 Å². The molecule has 1 saturated carbocycles. The summed E-state index contributed by atoms with van der Waals surface area (Å²) in [6, 6.07) is 0. The highest BCUT2D eigenvalue weighted by Crippen LogP contribution is 2.41. The predicted molar refractivity (Wildman–Crippen MR) is 40.6 cm³/mol. The Balaban J connectivity index is 2.31. The van der Waals surface area contributed by atoms with Crippen LogP contribution in [0.4, 0.5) is 0 Å². The van der Waals surface area contributed by atoms with Gasteiger partial charge in [-0.05, 0) is 18.4 Å². The smallest absolute Gasteiger partial charge is 0.217 e. The molecule has 1 aliphatic rings. The summed E-state index contributed by atoms with van der Waals surface area (Å²) >= 11 is 0. The van der Waals surface area contributed by atoms with Gasteiger partial charge in [0.05, 0.1) is 0 Å². The molecule has 3 nitrogen and oxygen atoms in total. The molecule has 11 heavy (non-hydrogen) atoms. The molecule has 1 amide bonds. The number of hydrogen-bond donors (Lipinski definition) is 1. The molecule has 2 N–H and O–H groups in total. The third-order valence-electron chi connectivity index (χ3n) is 1.95. The molecule has 0 aromatic carbocycles. The van der Waals surface area contributed by atoms with Crippen molar-refractivity contribution < 1.29 is 9.59 Å². The molecule has 0 aromatic rings. The largest absolute Gasteiger partial charge is 0.370 e. The predicted octanol–water partition coefficient (Wildman–Crippen LogP) is 0.253. The summed E-state index contributed by atoms with van der Waals surface area (Å²) < 4.78 is 0. The summed E-state index contributed by atoms with van der Waals surface area (Å²) in [4.78, 5) is 21.3. The molecule has 60 valence electrons. The number of allylic oxidation sites excluding steroid dienone is 1. The second kappa shape index (κ2) is 2.86. The zero-order chi connectivity index (χ0) is 8.43. The number of hydrogen-bond acceptors (Lipinski definition) is 2. The lowest BCUT2D eigenvalue weighted by atomic mass is 10.2. The first kappa shape index (κ1) is 7.98. The van der Waals surface area contributed by atoms with E-state index in [9.17, 15) is 9.59 Å². The Morgan fingerprint density at radius 1 is 1.64 bits per heavy atom. The normalized spacial score (nSPS) is 27.6. The topological polar surface area (TPSA) is 60.2 Å². The molecular weight excluding hydrogens is 142 g/mol. The first-order valence-corrected chi connectivity index (χ1v) is 3.59. The van der Waals surface area contributed by atoms with Crippen LogP contribution in [0.15, 0.2) is 12.7 Å². The van der Waals surface area contributed by atoms with Crippen LogP contribution in [0, 0.1) is 11.8 Å². The van der Waals surface area contributed by atoms with E-state index in [1.54, 1.807) is 0 Å². The molecule has 0 radical (unpaired) electrons. The van der Waals surface area contributed by atoms with Crippen LogP contribution in [0.5, 0.6) is 0 Å². The van der Waals surface area contributed by atoms with Gasteiger partial charge in [0.2, 0.25) is 5.91 Å². The van der Waals surface area contributed by atoms with E-state index in [0.29, 0.717) is 6.42 Å². The summed E-state index contributed by atoms with van der Waals surface area (Å²) in [6.07, 6.45) is 2.45. The van der Waals surface area contributed by atoms with Crippen molar-refractivity contribution in [2.24, 2.45) is 17.6 Å². The standard InChI is InChI=1S/C8H11NO2/c1-2-7(10)6-3-5(6)4-8(9)11/h2,5-6H,1,3-4H2,(H2,9,11).